The minimum atomic E-state index is 0.0766. The Morgan fingerprint density at radius 1 is 1.45 bits per heavy atom. The molecule has 0 radical (unpaired) electrons. The van der Waals surface area contributed by atoms with Crippen LogP contribution in [0.5, 0.6) is 0 Å². The van der Waals surface area contributed by atoms with E-state index < -0.39 is 0 Å². The Hall–Kier alpha value is -1.46. The molecule has 0 aromatic carbocycles. The third-order valence-corrected chi connectivity index (χ3v) is 4.95. The number of nitrogens with one attached hydrogen (secondary N) is 1. The molecule has 1 N–H and O–H groups in total. The molecular weight excluding hydrogens is 270 g/mol. The second kappa shape index (κ2) is 4.82. The van der Waals surface area contributed by atoms with Crippen molar-refractivity contribution in [1.82, 2.24) is 14.9 Å². The van der Waals surface area contributed by atoms with Gasteiger partial charge in [-0.2, -0.15) is 0 Å². The SMILES string of the molecule is O=c1[nH]c(C2CC2)nc2c1CN(Cc1cccs1)CC2. The number of hydrogen-bond acceptors (Lipinski definition) is 4. The topological polar surface area (TPSA) is 49.0 Å². The molecule has 0 amide bonds. The molecule has 4 rings (SSSR count). The standard InChI is InChI=1S/C15H17N3OS/c19-15-12-9-18(8-11-2-1-7-20-11)6-5-13(12)16-14(17-15)10-3-4-10/h1-2,7,10H,3-6,8-9H2,(H,16,17,19). The molecule has 0 spiro atoms. The van der Waals surface area contributed by atoms with E-state index in [0.29, 0.717) is 5.92 Å². The molecule has 4 nitrogen and oxygen atoms in total. The van der Waals surface area contributed by atoms with Crippen LogP contribution in [0.25, 0.3) is 0 Å². The van der Waals surface area contributed by atoms with Crippen LogP contribution in [0.4, 0.5) is 0 Å². The van der Waals surface area contributed by atoms with Gasteiger partial charge in [0, 0.05) is 36.9 Å². The molecular formula is C15H17N3OS. The average molecular weight is 287 g/mol. The molecule has 3 heterocycles. The van der Waals surface area contributed by atoms with Crippen LogP contribution in [-0.4, -0.2) is 21.4 Å². The van der Waals surface area contributed by atoms with Crippen molar-refractivity contribution in [2.24, 2.45) is 0 Å². The van der Waals surface area contributed by atoms with E-state index in [1.54, 1.807) is 11.3 Å². The molecule has 0 bridgehead atoms. The van der Waals surface area contributed by atoms with Crippen LogP contribution < -0.4 is 5.56 Å². The van der Waals surface area contributed by atoms with E-state index in [1.165, 1.54) is 17.7 Å². The first kappa shape index (κ1) is 12.3. The Balaban J connectivity index is 1.58. The van der Waals surface area contributed by atoms with Crippen LogP contribution in [-0.2, 0) is 19.5 Å². The zero-order valence-corrected chi connectivity index (χ0v) is 12.1. The molecule has 104 valence electrons. The molecule has 2 aliphatic rings. The Labute approximate surface area is 121 Å². The quantitative estimate of drug-likeness (QED) is 0.942. The summed E-state index contributed by atoms with van der Waals surface area (Å²) in [4.78, 5) is 23.6. The largest absolute Gasteiger partial charge is 0.310 e. The first-order valence-corrected chi connectivity index (χ1v) is 8.04. The Kier molecular flexibility index (Phi) is 2.97. The van der Waals surface area contributed by atoms with Crippen molar-refractivity contribution < 1.29 is 0 Å². The van der Waals surface area contributed by atoms with Crippen molar-refractivity contribution in [3.63, 3.8) is 0 Å². The molecule has 2 aromatic rings. The summed E-state index contributed by atoms with van der Waals surface area (Å²) >= 11 is 1.77. The Morgan fingerprint density at radius 3 is 3.10 bits per heavy atom. The molecule has 0 saturated heterocycles. The minimum Gasteiger partial charge on any atom is -0.310 e. The van der Waals surface area contributed by atoms with Crippen LogP contribution >= 0.6 is 11.3 Å². The number of aromatic nitrogens is 2. The van der Waals surface area contributed by atoms with E-state index >= 15 is 0 Å². The smallest absolute Gasteiger partial charge is 0.255 e. The molecule has 2 aromatic heterocycles. The van der Waals surface area contributed by atoms with Crippen LogP contribution in [0, 0.1) is 0 Å². The summed E-state index contributed by atoms with van der Waals surface area (Å²) in [6.07, 6.45) is 3.24. The molecule has 1 aliphatic carbocycles. The van der Waals surface area contributed by atoms with Gasteiger partial charge in [0.2, 0.25) is 0 Å². The summed E-state index contributed by atoms with van der Waals surface area (Å²) in [7, 11) is 0. The summed E-state index contributed by atoms with van der Waals surface area (Å²) in [5.74, 6) is 1.43. The van der Waals surface area contributed by atoms with Gasteiger partial charge in [0.05, 0.1) is 11.3 Å². The molecule has 1 fully saturated rings. The van der Waals surface area contributed by atoms with E-state index in [0.717, 1.165) is 43.1 Å². The van der Waals surface area contributed by atoms with Crippen molar-refractivity contribution in [2.75, 3.05) is 6.54 Å². The summed E-state index contributed by atoms with van der Waals surface area (Å²) in [5, 5.41) is 2.10. The minimum absolute atomic E-state index is 0.0766. The summed E-state index contributed by atoms with van der Waals surface area (Å²) < 4.78 is 0. The van der Waals surface area contributed by atoms with Gasteiger partial charge in [0.15, 0.2) is 0 Å². The lowest BCUT2D eigenvalue weighted by Crippen LogP contribution is -2.35. The molecule has 0 unspecified atom stereocenters. The molecule has 20 heavy (non-hydrogen) atoms. The molecule has 1 aliphatic heterocycles. The molecule has 0 atom stereocenters. The van der Waals surface area contributed by atoms with E-state index in [2.05, 4.69) is 32.4 Å². The lowest BCUT2D eigenvalue weighted by Gasteiger charge is -2.27. The fourth-order valence-electron chi connectivity index (χ4n) is 2.81. The number of rotatable bonds is 3. The second-order valence-electron chi connectivity index (χ2n) is 5.69. The molecule has 5 heteroatoms. The van der Waals surface area contributed by atoms with E-state index in [9.17, 15) is 4.79 Å². The van der Waals surface area contributed by atoms with Crippen molar-refractivity contribution in [3.8, 4) is 0 Å². The number of fused-ring (bicyclic) bond motifs is 1. The number of nitrogens with zero attached hydrogens (tertiary/aromatic N) is 2. The van der Waals surface area contributed by atoms with Crippen LogP contribution in [0.2, 0.25) is 0 Å². The van der Waals surface area contributed by atoms with Crippen molar-refractivity contribution >= 4 is 11.3 Å². The normalized spacial score (nSPS) is 19.0. The number of H-pyrrole nitrogens is 1. The fourth-order valence-corrected chi connectivity index (χ4v) is 3.55. The number of hydrogen-bond donors (Lipinski definition) is 1. The zero-order valence-electron chi connectivity index (χ0n) is 11.3. The maximum atomic E-state index is 12.2. The highest BCUT2D eigenvalue weighted by molar-refractivity contribution is 7.09. The summed E-state index contributed by atoms with van der Waals surface area (Å²) in [6.45, 7) is 2.65. The van der Waals surface area contributed by atoms with Crippen LogP contribution in [0.15, 0.2) is 22.3 Å². The monoisotopic (exact) mass is 287 g/mol. The number of aromatic amines is 1. The summed E-state index contributed by atoms with van der Waals surface area (Å²) in [6, 6.07) is 4.23. The van der Waals surface area contributed by atoms with E-state index in [-0.39, 0.29) is 5.56 Å². The lowest BCUT2D eigenvalue weighted by atomic mass is 10.1. The zero-order chi connectivity index (χ0) is 13.5. The van der Waals surface area contributed by atoms with Crippen LogP contribution in [0.3, 0.4) is 0 Å². The number of thiophene rings is 1. The van der Waals surface area contributed by atoms with Gasteiger partial charge < -0.3 is 4.98 Å². The van der Waals surface area contributed by atoms with Crippen molar-refractivity contribution in [3.05, 3.63) is 49.8 Å². The van der Waals surface area contributed by atoms with Gasteiger partial charge in [-0.25, -0.2) is 4.98 Å². The van der Waals surface area contributed by atoms with Gasteiger partial charge in [-0.1, -0.05) is 6.07 Å². The maximum absolute atomic E-state index is 12.2. The van der Waals surface area contributed by atoms with Crippen molar-refractivity contribution in [2.45, 2.75) is 38.3 Å². The highest BCUT2D eigenvalue weighted by atomic mass is 32.1. The van der Waals surface area contributed by atoms with Gasteiger partial charge in [0.1, 0.15) is 5.82 Å². The van der Waals surface area contributed by atoms with Gasteiger partial charge in [-0.3, -0.25) is 9.69 Å². The van der Waals surface area contributed by atoms with E-state index in [1.807, 2.05) is 0 Å². The third-order valence-electron chi connectivity index (χ3n) is 4.09. The van der Waals surface area contributed by atoms with Gasteiger partial charge in [0.25, 0.3) is 5.56 Å². The van der Waals surface area contributed by atoms with Crippen molar-refractivity contribution in [1.29, 1.82) is 0 Å². The van der Waals surface area contributed by atoms with E-state index in [4.69, 9.17) is 0 Å². The van der Waals surface area contributed by atoms with Gasteiger partial charge >= 0.3 is 0 Å². The lowest BCUT2D eigenvalue weighted by molar-refractivity contribution is 0.243. The average Bonchev–Trinajstić information content (AvgIpc) is 3.18. The molecule has 1 saturated carbocycles. The third kappa shape index (κ3) is 2.31. The van der Waals surface area contributed by atoms with Gasteiger partial charge in [-0.05, 0) is 24.3 Å². The first-order valence-electron chi connectivity index (χ1n) is 7.16. The predicted molar refractivity (Wildman–Crippen MR) is 79.0 cm³/mol. The maximum Gasteiger partial charge on any atom is 0.255 e. The van der Waals surface area contributed by atoms with Crippen LogP contribution in [0.1, 0.15) is 40.7 Å². The first-order chi connectivity index (χ1) is 9.79. The fraction of sp³-hybridized carbons (Fsp3) is 0.467. The predicted octanol–water partition coefficient (Wildman–Crippen LogP) is 2.27. The highest BCUT2D eigenvalue weighted by Gasteiger charge is 2.29. The van der Waals surface area contributed by atoms with Gasteiger partial charge in [-0.15, -0.1) is 11.3 Å². The Bertz CT molecular complexity index is 673. The summed E-state index contributed by atoms with van der Waals surface area (Å²) in [5.41, 5.74) is 1.98. The highest BCUT2D eigenvalue weighted by Crippen LogP contribution is 2.37. The Morgan fingerprint density at radius 2 is 2.35 bits per heavy atom. The second-order valence-corrected chi connectivity index (χ2v) is 6.72.